The highest BCUT2D eigenvalue weighted by atomic mass is 15.0. The van der Waals surface area contributed by atoms with Crippen molar-refractivity contribution in [3.05, 3.63) is 12.2 Å². The lowest BCUT2D eigenvalue weighted by Crippen LogP contribution is -2.58. The van der Waals surface area contributed by atoms with Crippen molar-refractivity contribution in [3.63, 3.8) is 0 Å². The Bertz CT molecular complexity index is 225. The van der Waals surface area contributed by atoms with E-state index in [2.05, 4.69) is 38.2 Å². The summed E-state index contributed by atoms with van der Waals surface area (Å²) in [6.07, 6.45) is 9.31. The van der Waals surface area contributed by atoms with E-state index >= 15 is 0 Å². The summed E-state index contributed by atoms with van der Waals surface area (Å²) in [7, 11) is 0. The van der Waals surface area contributed by atoms with E-state index in [1.807, 2.05) is 0 Å². The minimum atomic E-state index is 0.202. The first-order valence-corrected chi connectivity index (χ1v) is 6.71. The zero-order chi connectivity index (χ0) is 12.0. The smallest absolute Gasteiger partial charge is 0.0330 e. The van der Waals surface area contributed by atoms with Gasteiger partial charge in [-0.2, -0.15) is 0 Å². The van der Waals surface area contributed by atoms with E-state index in [1.165, 1.54) is 19.3 Å². The highest BCUT2D eigenvalue weighted by molar-refractivity contribution is 4.98. The standard InChI is InChI=1S/C14H28N2/c1-4-5-6-9-16-14(11-15)8-7-12(2)10-13(14)3/h4-5,12-13,16H,6-11,15H2,1-3H3/b5-4+. The van der Waals surface area contributed by atoms with Crippen molar-refractivity contribution in [2.75, 3.05) is 13.1 Å². The highest BCUT2D eigenvalue weighted by Gasteiger charge is 2.38. The highest BCUT2D eigenvalue weighted by Crippen LogP contribution is 2.36. The van der Waals surface area contributed by atoms with E-state index in [-0.39, 0.29) is 5.54 Å². The molecule has 2 nitrogen and oxygen atoms in total. The van der Waals surface area contributed by atoms with Crippen LogP contribution in [0.2, 0.25) is 0 Å². The molecule has 3 N–H and O–H groups in total. The Hall–Kier alpha value is -0.340. The summed E-state index contributed by atoms with van der Waals surface area (Å²) in [6, 6.07) is 0. The Labute approximate surface area is 101 Å². The van der Waals surface area contributed by atoms with E-state index < -0.39 is 0 Å². The minimum absolute atomic E-state index is 0.202. The molecule has 0 radical (unpaired) electrons. The first kappa shape index (κ1) is 13.7. The normalized spacial score (nSPS) is 35.8. The van der Waals surface area contributed by atoms with Gasteiger partial charge in [-0.3, -0.25) is 0 Å². The first-order valence-electron chi connectivity index (χ1n) is 6.71. The average molecular weight is 224 g/mol. The molecule has 94 valence electrons. The molecule has 1 fully saturated rings. The Morgan fingerprint density at radius 2 is 2.19 bits per heavy atom. The van der Waals surface area contributed by atoms with E-state index in [9.17, 15) is 0 Å². The van der Waals surface area contributed by atoms with Gasteiger partial charge in [-0.15, -0.1) is 0 Å². The molecule has 0 aromatic heterocycles. The fourth-order valence-electron chi connectivity index (χ4n) is 2.91. The molecule has 1 aliphatic carbocycles. The molecule has 16 heavy (non-hydrogen) atoms. The molecule has 0 bridgehead atoms. The molecule has 0 heterocycles. The van der Waals surface area contributed by atoms with Crippen LogP contribution in [0, 0.1) is 11.8 Å². The second-order valence-electron chi connectivity index (χ2n) is 5.43. The van der Waals surface area contributed by atoms with Crippen molar-refractivity contribution in [1.82, 2.24) is 5.32 Å². The van der Waals surface area contributed by atoms with Crippen LogP contribution in [0.3, 0.4) is 0 Å². The number of allylic oxidation sites excluding steroid dienone is 1. The lowest BCUT2D eigenvalue weighted by molar-refractivity contribution is 0.131. The van der Waals surface area contributed by atoms with Crippen molar-refractivity contribution in [3.8, 4) is 0 Å². The summed E-state index contributed by atoms with van der Waals surface area (Å²) in [6.45, 7) is 8.61. The number of nitrogens with one attached hydrogen (secondary N) is 1. The fraction of sp³-hybridized carbons (Fsp3) is 0.857. The molecule has 2 heteroatoms. The maximum absolute atomic E-state index is 6.01. The lowest BCUT2D eigenvalue weighted by atomic mass is 9.70. The number of hydrogen-bond acceptors (Lipinski definition) is 2. The Morgan fingerprint density at radius 1 is 1.44 bits per heavy atom. The molecule has 0 saturated heterocycles. The van der Waals surface area contributed by atoms with E-state index in [1.54, 1.807) is 0 Å². The van der Waals surface area contributed by atoms with Crippen LogP contribution in [0.25, 0.3) is 0 Å². The van der Waals surface area contributed by atoms with Crippen LogP contribution in [0.15, 0.2) is 12.2 Å². The second-order valence-corrected chi connectivity index (χ2v) is 5.43. The van der Waals surface area contributed by atoms with Gasteiger partial charge in [0.1, 0.15) is 0 Å². The van der Waals surface area contributed by atoms with Crippen LogP contribution in [-0.2, 0) is 0 Å². The summed E-state index contributed by atoms with van der Waals surface area (Å²) in [5, 5.41) is 3.71. The van der Waals surface area contributed by atoms with Gasteiger partial charge in [0.25, 0.3) is 0 Å². The molecule has 1 aliphatic rings. The first-order chi connectivity index (χ1) is 7.64. The Balaban J connectivity index is 2.48. The molecular weight excluding hydrogens is 196 g/mol. The molecule has 1 saturated carbocycles. The van der Waals surface area contributed by atoms with Crippen LogP contribution in [0.5, 0.6) is 0 Å². The Morgan fingerprint density at radius 3 is 2.75 bits per heavy atom. The molecule has 3 unspecified atom stereocenters. The summed E-state index contributed by atoms with van der Waals surface area (Å²) < 4.78 is 0. The molecule has 0 aromatic carbocycles. The molecule has 3 atom stereocenters. The maximum Gasteiger partial charge on any atom is 0.0330 e. The SMILES string of the molecule is C/C=C/CCNC1(CN)CCC(C)CC1C. The molecule has 0 aliphatic heterocycles. The average Bonchev–Trinajstić information content (AvgIpc) is 2.28. The van der Waals surface area contributed by atoms with Crippen molar-refractivity contribution in [2.24, 2.45) is 17.6 Å². The predicted molar refractivity (Wildman–Crippen MR) is 71.4 cm³/mol. The fourth-order valence-corrected chi connectivity index (χ4v) is 2.91. The number of rotatable bonds is 5. The third kappa shape index (κ3) is 3.33. The summed E-state index contributed by atoms with van der Waals surface area (Å²) in [5.41, 5.74) is 6.21. The van der Waals surface area contributed by atoms with Crippen LogP contribution >= 0.6 is 0 Å². The number of nitrogens with two attached hydrogens (primary N) is 1. The van der Waals surface area contributed by atoms with Gasteiger partial charge in [-0.05, 0) is 51.0 Å². The van der Waals surface area contributed by atoms with E-state index in [0.29, 0.717) is 5.92 Å². The van der Waals surface area contributed by atoms with E-state index in [0.717, 1.165) is 25.4 Å². The van der Waals surface area contributed by atoms with Gasteiger partial charge in [-0.1, -0.05) is 26.0 Å². The van der Waals surface area contributed by atoms with Crippen molar-refractivity contribution >= 4 is 0 Å². The monoisotopic (exact) mass is 224 g/mol. The zero-order valence-corrected chi connectivity index (χ0v) is 11.1. The minimum Gasteiger partial charge on any atom is -0.329 e. The van der Waals surface area contributed by atoms with Gasteiger partial charge in [-0.25, -0.2) is 0 Å². The summed E-state index contributed by atoms with van der Waals surface area (Å²) in [5.74, 6) is 1.57. The van der Waals surface area contributed by atoms with Gasteiger partial charge >= 0.3 is 0 Å². The lowest BCUT2D eigenvalue weighted by Gasteiger charge is -2.45. The van der Waals surface area contributed by atoms with Crippen LogP contribution in [-0.4, -0.2) is 18.6 Å². The van der Waals surface area contributed by atoms with Gasteiger partial charge in [0, 0.05) is 12.1 Å². The predicted octanol–water partition coefficient (Wildman–Crippen LogP) is 2.70. The van der Waals surface area contributed by atoms with Gasteiger partial charge in [0.15, 0.2) is 0 Å². The van der Waals surface area contributed by atoms with Crippen LogP contribution in [0.4, 0.5) is 0 Å². The van der Waals surface area contributed by atoms with Crippen LogP contribution in [0.1, 0.15) is 46.5 Å². The van der Waals surface area contributed by atoms with Crippen molar-refractivity contribution in [1.29, 1.82) is 0 Å². The van der Waals surface area contributed by atoms with Crippen molar-refractivity contribution < 1.29 is 0 Å². The van der Waals surface area contributed by atoms with E-state index in [4.69, 9.17) is 5.73 Å². The van der Waals surface area contributed by atoms with Gasteiger partial charge < -0.3 is 11.1 Å². The quantitative estimate of drug-likeness (QED) is 0.556. The van der Waals surface area contributed by atoms with Crippen molar-refractivity contribution in [2.45, 2.75) is 52.0 Å². The number of hydrogen-bond donors (Lipinski definition) is 2. The third-order valence-electron chi connectivity index (χ3n) is 4.17. The maximum atomic E-state index is 6.01. The van der Waals surface area contributed by atoms with Gasteiger partial charge in [0.2, 0.25) is 0 Å². The summed E-state index contributed by atoms with van der Waals surface area (Å²) >= 11 is 0. The molecule has 0 amide bonds. The summed E-state index contributed by atoms with van der Waals surface area (Å²) in [4.78, 5) is 0. The molecule has 0 aromatic rings. The zero-order valence-electron chi connectivity index (χ0n) is 11.1. The molecule has 1 rings (SSSR count). The molecule has 0 spiro atoms. The Kier molecular flexibility index (Phi) is 5.50. The largest absolute Gasteiger partial charge is 0.329 e. The second kappa shape index (κ2) is 6.41. The third-order valence-corrected chi connectivity index (χ3v) is 4.17. The topological polar surface area (TPSA) is 38.0 Å². The van der Waals surface area contributed by atoms with Crippen LogP contribution < -0.4 is 11.1 Å². The molecular formula is C14H28N2. The van der Waals surface area contributed by atoms with Gasteiger partial charge in [0.05, 0.1) is 0 Å².